The van der Waals surface area contributed by atoms with Crippen LogP contribution in [0, 0.1) is 13.8 Å². The van der Waals surface area contributed by atoms with Gasteiger partial charge in [0, 0.05) is 42.0 Å². The third kappa shape index (κ3) is 3.78. The van der Waals surface area contributed by atoms with E-state index in [-0.39, 0.29) is 0 Å². The normalized spacial score (nSPS) is 11.8. The number of rotatable bonds is 6. The van der Waals surface area contributed by atoms with Gasteiger partial charge >= 0.3 is 0 Å². The molecule has 4 heteroatoms. The predicted octanol–water partition coefficient (Wildman–Crippen LogP) is 6.37. The first-order valence-corrected chi connectivity index (χ1v) is 11.0. The summed E-state index contributed by atoms with van der Waals surface area (Å²) in [6.45, 7) is 12.6. The predicted molar refractivity (Wildman–Crippen MR) is 131 cm³/mol. The first kappa shape index (κ1) is 21.0. The molecule has 0 saturated carbocycles. The Balaban J connectivity index is 1.70. The summed E-state index contributed by atoms with van der Waals surface area (Å²) in [7, 11) is 2.10. The highest BCUT2D eigenvalue weighted by atomic mass is 15.1. The van der Waals surface area contributed by atoms with Crippen LogP contribution in [-0.4, -0.2) is 19.5 Å². The van der Waals surface area contributed by atoms with Crippen LogP contribution in [0.15, 0.2) is 43.1 Å². The number of pyridine rings is 2. The van der Waals surface area contributed by atoms with Crippen LogP contribution in [0.2, 0.25) is 0 Å². The zero-order valence-electron chi connectivity index (χ0n) is 19.2. The lowest BCUT2D eigenvalue weighted by molar-refractivity contribution is 0.777. The van der Waals surface area contributed by atoms with Crippen LogP contribution >= 0.6 is 0 Å². The number of aromatic nitrogens is 4. The number of imidazole rings is 1. The summed E-state index contributed by atoms with van der Waals surface area (Å²) in [5.74, 6) is 1.07. The number of allylic oxidation sites excluding steroid dienone is 2. The Morgan fingerprint density at radius 2 is 1.87 bits per heavy atom. The van der Waals surface area contributed by atoms with Crippen LogP contribution in [0.25, 0.3) is 33.6 Å². The van der Waals surface area contributed by atoms with Gasteiger partial charge in [0.25, 0.3) is 0 Å². The standard InChI is InChI=1S/C27H30N4/c1-7-9-23-21(17(3)8-2)13-14-24-27(23)30-25(31(24)6)15-11-20-10-12-22-19(5)28-16-18(4)26(22)29-20/h7,9-10,12-14,16H,3,8,11,15H2,1-2,4-6H3. The molecule has 0 spiro atoms. The smallest absolute Gasteiger partial charge is 0.110 e. The van der Waals surface area contributed by atoms with E-state index < -0.39 is 0 Å². The third-order valence-electron chi connectivity index (χ3n) is 6.10. The molecule has 0 N–H and O–H groups in total. The second-order valence-corrected chi connectivity index (χ2v) is 8.16. The van der Waals surface area contributed by atoms with Gasteiger partial charge in [-0.15, -0.1) is 0 Å². The highest BCUT2D eigenvalue weighted by molar-refractivity contribution is 5.92. The van der Waals surface area contributed by atoms with E-state index in [1.807, 2.05) is 20.0 Å². The number of aryl methyl sites for hydroxylation is 5. The van der Waals surface area contributed by atoms with Crippen molar-refractivity contribution in [2.75, 3.05) is 0 Å². The van der Waals surface area contributed by atoms with Crippen molar-refractivity contribution in [1.29, 1.82) is 0 Å². The van der Waals surface area contributed by atoms with Crippen molar-refractivity contribution in [2.24, 2.45) is 7.05 Å². The molecule has 0 aliphatic rings. The summed E-state index contributed by atoms with van der Waals surface area (Å²) < 4.78 is 2.21. The molecular weight excluding hydrogens is 380 g/mol. The lowest BCUT2D eigenvalue weighted by atomic mass is 9.97. The summed E-state index contributed by atoms with van der Waals surface area (Å²) in [6.07, 6.45) is 8.75. The van der Waals surface area contributed by atoms with Gasteiger partial charge in [-0.3, -0.25) is 9.97 Å². The van der Waals surface area contributed by atoms with Gasteiger partial charge in [-0.25, -0.2) is 4.98 Å². The van der Waals surface area contributed by atoms with Crippen molar-refractivity contribution >= 4 is 33.6 Å². The molecule has 158 valence electrons. The van der Waals surface area contributed by atoms with E-state index in [0.717, 1.165) is 75.1 Å². The molecule has 0 bridgehead atoms. The minimum Gasteiger partial charge on any atom is -0.331 e. The number of fused-ring (bicyclic) bond motifs is 2. The van der Waals surface area contributed by atoms with E-state index >= 15 is 0 Å². The number of benzene rings is 1. The maximum absolute atomic E-state index is 5.05. The summed E-state index contributed by atoms with van der Waals surface area (Å²) in [4.78, 5) is 14.4. The Labute approximate surface area is 184 Å². The van der Waals surface area contributed by atoms with Crippen molar-refractivity contribution < 1.29 is 0 Å². The molecule has 4 rings (SSSR count). The molecule has 0 unspecified atom stereocenters. The minimum atomic E-state index is 0.839. The Kier molecular flexibility index (Phi) is 5.73. The van der Waals surface area contributed by atoms with Crippen LogP contribution in [0.5, 0.6) is 0 Å². The Bertz CT molecular complexity index is 1320. The molecule has 0 atom stereocenters. The lowest BCUT2D eigenvalue weighted by Gasteiger charge is -2.09. The topological polar surface area (TPSA) is 43.6 Å². The summed E-state index contributed by atoms with van der Waals surface area (Å²) in [6, 6.07) is 8.61. The van der Waals surface area contributed by atoms with Crippen molar-refractivity contribution in [3.63, 3.8) is 0 Å². The van der Waals surface area contributed by atoms with Gasteiger partial charge in [0.1, 0.15) is 5.82 Å². The fraction of sp³-hybridized carbons (Fsp3) is 0.296. The number of hydrogen-bond donors (Lipinski definition) is 0. The van der Waals surface area contributed by atoms with Crippen LogP contribution in [-0.2, 0) is 19.9 Å². The molecule has 31 heavy (non-hydrogen) atoms. The molecular formula is C27H30N4. The Morgan fingerprint density at radius 1 is 1.06 bits per heavy atom. The lowest BCUT2D eigenvalue weighted by Crippen LogP contribution is -2.02. The van der Waals surface area contributed by atoms with Gasteiger partial charge in [0.2, 0.25) is 0 Å². The average Bonchev–Trinajstić information content (AvgIpc) is 3.10. The molecule has 0 amide bonds. The molecule has 0 aliphatic carbocycles. The van der Waals surface area contributed by atoms with E-state index in [1.54, 1.807) is 0 Å². The highest BCUT2D eigenvalue weighted by Gasteiger charge is 2.15. The van der Waals surface area contributed by atoms with E-state index in [0.29, 0.717) is 0 Å². The third-order valence-corrected chi connectivity index (χ3v) is 6.10. The Hall–Kier alpha value is -3.27. The van der Waals surface area contributed by atoms with E-state index in [9.17, 15) is 0 Å². The van der Waals surface area contributed by atoms with Gasteiger partial charge in [-0.1, -0.05) is 31.7 Å². The minimum absolute atomic E-state index is 0.839. The monoisotopic (exact) mass is 410 g/mol. The summed E-state index contributed by atoms with van der Waals surface area (Å²) in [5.41, 5.74) is 9.97. The van der Waals surface area contributed by atoms with Crippen molar-refractivity contribution in [3.8, 4) is 0 Å². The van der Waals surface area contributed by atoms with Crippen molar-refractivity contribution in [3.05, 3.63) is 77.0 Å². The second-order valence-electron chi connectivity index (χ2n) is 8.16. The van der Waals surface area contributed by atoms with E-state index in [4.69, 9.17) is 9.97 Å². The highest BCUT2D eigenvalue weighted by Crippen LogP contribution is 2.30. The van der Waals surface area contributed by atoms with Crippen LogP contribution in [0.3, 0.4) is 0 Å². The van der Waals surface area contributed by atoms with Crippen LogP contribution < -0.4 is 0 Å². The average molecular weight is 411 g/mol. The Morgan fingerprint density at radius 3 is 2.61 bits per heavy atom. The van der Waals surface area contributed by atoms with E-state index in [2.05, 4.69) is 73.4 Å². The van der Waals surface area contributed by atoms with Crippen LogP contribution in [0.4, 0.5) is 0 Å². The molecule has 0 fully saturated rings. The molecule has 0 saturated heterocycles. The maximum atomic E-state index is 5.05. The quantitative estimate of drug-likeness (QED) is 0.371. The molecule has 0 aliphatic heterocycles. The van der Waals surface area contributed by atoms with Gasteiger partial charge in [0.05, 0.1) is 16.6 Å². The van der Waals surface area contributed by atoms with Crippen molar-refractivity contribution in [2.45, 2.75) is 47.0 Å². The van der Waals surface area contributed by atoms with Gasteiger partial charge in [0.15, 0.2) is 0 Å². The molecule has 1 aromatic carbocycles. The van der Waals surface area contributed by atoms with Crippen molar-refractivity contribution in [1.82, 2.24) is 19.5 Å². The summed E-state index contributed by atoms with van der Waals surface area (Å²) in [5, 5.41) is 1.13. The molecule has 0 radical (unpaired) electrons. The van der Waals surface area contributed by atoms with Gasteiger partial charge in [-0.05, 0) is 68.5 Å². The molecule has 4 aromatic rings. The first-order chi connectivity index (χ1) is 14.9. The summed E-state index contributed by atoms with van der Waals surface area (Å²) >= 11 is 0. The fourth-order valence-corrected chi connectivity index (χ4v) is 4.18. The van der Waals surface area contributed by atoms with Gasteiger partial charge in [-0.2, -0.15) is 0 Å². The SMILES string of the molecule is C=C(CC)c1ccc2c(nc(CCc3ccc4c(C)ncc(C)c4n3)n2C)c1C=CC. The molecule has 3 aromatic heterocycles. The van der Waals surface area contributed by atoms with Crippen LogP contribution in [0.1, 0.15) is 54.2 Å². The molecule has 4 nitrogen and oxygen atoms in total. The first-order valence-electron chi connectivity index (χ1n) is 11.0. The second kappa shape index (κ2) is 8.46. The zero-order valence-corrected chi connectivity index (χ0v) is 19.2. The van der Waals surface area contributed by atoms with Gasteiger partial charge < -0.3 is 4.57 Å². The zero-order chi connectivity index (χ0) is 22.1. The number of hydrogen-bond acceptors (Lipinski definition) is 3. The maximum Gasteiger partial charge on any atom is 0.110 e. The fourth-order valence-electron chi connectivity index (χ4n) is 4.18. The number of nitrogens with zero attached hydrogens (tertiary/aromatic N) is 4. The van der Waals surface area contributed by atoms with E-state index in [1.165, 1.54) is 5.56 Å². The molecule has 3 heterocycles. The largest absolute Gasteiger partial charge is 0.331 e.